The lowest BCUT2D eigenvalue weighted by Crippen LogP contribution is -2.39. The van der Waals surface area contributed by atoms with E-state index in [-0.39, 0.29) is 11.5 Å². The SMILES string of the molecule is Cc1cc(C(=O)N2CCCC(C)C2)ccc1NCc1cc(=O)n2ccccc2n1. The molecule has 1 amide bonds. The maximum absolute atomic E-state index is 12.8. The highest BCUT2D eigenvalue weighted by molar-refractivity contribution is 5.95. The Bertz CT molecular complexity index is 1110. The van der Waals surface area contributed by atoms with Crippen molar-refractivity contribution in [3.05, 3.63) is 75.8 Å². The van der Waals surface area contributed by atoms with Crippen LogP contribution < -0.4 is 10.9 Å². The summed E-state index contributed by atoms with van der Waals surface area (Å²) in [6.45, 7) is 6.30. The zero-order valence-electron chi connectivity index (χ0n) is 16.9. The molecule has 6 nitrogen and oxygen atoms in total. The smallest absolute Gasteiger partial charge is 0.258 e. The molecule has 0 spiro atoms. The van der Waals surface area contributed by atoms with Crippen molar-refractivity contribution >= 4 is 17.2 Å². The van der Waals surface area contributed by atoms with Crippen molar-refractivity contribution in [2.45, 2.75) is 33.2 Å². The number of hydrogen-bond acceptors (Lipinski definition) is 4. The summed E-state index contributed by atoms with van der Waals surface area (Å²) in [4.78, 5) is 31.5. The van der Waals surface area contributed by atoms with Gasteiger partial charge < -0.3 is 10.2 Å². The fourth-order valence-corrected chi connectivity index (χ4v) is 3.93. The highest BCUT2D eigenvalue weighted by Gasteiger charge is 2.22. The fraction of sp³-hybridized carbons (Fsp3) is 0.348. The van der Waals surface area contributed by atoms with Crippen molar-refractivity contribution in [3.63, 3.8) is 0 Å². The second-order valence-corrected chi connectivity index (χ2v) is 7.90. The number of likely N-dealkylation sites (tertiary alicyclic amines) is 1. The van der Waals surface area contributed by atoms with Crippen molar-refractivity contribution in [1.82, 2.24) is 14.3 Å². The van der Waals surface area contributed by atoms with E-state index in [1.807, 2.05) is 48.2 Å². The van der Waals surface area contributed by atoms with E-state index < -0.39 is 0 Å². The molecule has 1 aromatic carbocycles. The van der Waals surface area contributed by atoms with Gasteiger partial charge in [-0.15, -0.1) is 0 Å². The lowest BCUT2D eigenvalue weighted by Gasteiger charge is -2.31. The molecule has 4 rings (SSSR count). The third kappa shape index (κ3) is 4.16. The van der Waals surface area contributed by atoms with Crippen LogP contribution in [0.5, 0.6) is 0 Å². The zero-order valence-corrected chi connectivity index (χ0v) is 16.9. The first-order valence-electron chi connectivity index (χ1n) is 10.1. The summed E-state index contributed by atoms with van der Waals surface area (Å²) in [6.07, 6.45) is 3.98. The number of nitrogens with one attached hydrogen (secondary N) is 1. The predicted molar refractivity (Wildman–Crippen MR) is 114 cm³/mol. The van der Waals surface area contributed by atoms with Crippen LogP contribution in [0.4, 0.5) is 5.69 Å². The Morgan fingerprint density at radius 1 is 1.24 bits per heavy atom. The molecule has 1 aliphatic heterocycles. The molecule has 0 aliphatic carbocycles. The minimum Gasteiger partial charge on any atom is -0.379 e. The molecule has 0 radical (unpaired) electrons. The van der Waals surface area contributed by atoms with Crippen molar-refractivity contribution < 1.29 is 4.79 Å². The Morgan fingerprint density at radius 2 is 2.10 bits per heavy atom. The molecule has 1 fully saturated rings. The van der Waals surface area contributed by atoms with Gasteiger partial charge in [-0.05, 0) is 61.6 Å². The van der Waals surface area contributed by atoms with E-state index in [2.05, 4.69) is 17.2 Å². The summed E-state index contributed by atoms with van der Waals surface area (Å²) in [5, 5.41) is 3.34. The van der Waals surface area contributed by atoms with E-state index in [0.717, 1.165) is 36.3 Å². The summed E-state index contributed by atoms with van der Waals surface area (Å²) in [5.74, 6) is 0.670. The second-order valence-electron chi connectivity index (χ2n) is 7.90. The molecule has 2 aromatic heterocycles. The van der Waals surface area contributed by atoms with Crippen LogP contribution in [0.2, 0.25) is 0 Å². The van der Waals surface area contributed by atoms with Crippen LogP contribution in [0.15, 0.2) is 53.5 Å². The number of carbonyl (C=O) groups excluding carboxylic acids is 1. The Labute approximate surface area is 170 Å². The summed E-state index contributed by atoms with van der Waals surface area (Å²) in [6, 6.07) is 12.8. The lowest BCUT2D eigenvalue weighted by atomic mass is 9.99. The Morgan fingerprint density at radius 3 is 2.90 bits per heavy atom. The lowest BCUT2D eigenvalue weighted by molar-refractivity contribution is 0.0683. The van der Waals surface area contributed by atoms with Crippen molar-refractivity contribution in [3.8, 4) is 0 Å². The predicted octanol–water partition coefficient (Wildman–Crippen LogP) is 3.49. The summed E-state index contributed by atoms with van der Waals surface area (Å²) in [5.41, 5.74) is 3.88. The first kappa shape index (κ1) is 19.2. The van der Waals surface area contributed by atoms with Gasteiger partial charge in [0, 0.05) is 36.6 Å². The molecule has 150 valence electrons. The van der Waals surface area contributed by atoms with Crippen LogP contribution in [0.3, 0.4) is 0 Å². The van der Waals surface area contributed by atoms with Crippen LogP contribution in [-0.2, 0) is 6.54 Å². The average Bonchev–Trinajstić information content (AvgIpc) is 2.72. The highest BCUT2D eigenvalue weighted by atomic mass is 16.2. The maximum atomic E-state index is 12.8. The standard InChI is InChI=1S/C23H26N4O2/c1-16-6-5-10-26(15-16)23(29)18-8-9-20(17(2)12-18)24-14-19-13-22(28)27-11-4-3-7-21(27)25-19/h3-4,7-9,11-13,16,24H,5-6,10,14-15H2,1-2H3. The third-order valence-electron chi connectivity index (χ3n) is 5.50. The number of fused-ring (bicyclic) bond motifs is 1. The number of aromatic nitrogens is 2. The van der Waals surface area contributed by atoms with E-state index in [1.54, 1.807) is 12.3 Å². The Hall–Kier alpha value is -3.15. The van der Waals surface area contributed by atoms with Gasteiger partial charge in [0.2, 0.25) is 0 Å². The normalized spacial score (nSPS) is 16.8. The molecule has 1 aliphatic rings. The topological polar surface area (TPSA) is 66.7 Å². The quantitative estimate of drug-likeness (QED) is 0.741. The molecular formula is C23H26N4O2. The van der Waals surface area contributed by atoms with Gasteiger partial charge >= 0.3 is 0 Å². The molecule has 3 aromatic rings. The molecular weight excluding hydrogens is 364 g/mol. The summed E-state index contributed by atoms with van der Waals surface area (Å²) < 4.78 is 1.52. The van der Waals surface area contributed by atoms with Crippen molar-refractivity contribution in [2.24, 2.45) is 5.92 Å². The number of hydrogen-bond donors (Lipinski definition) is 1. The van der Waals surface area contributed by atoms with Gasteiger partial charge in [0.15, 0.2) is 0 Å². The number of aryl methyl sites for hydroxylation is 1. The van der Waals surface area contributed by atoms with E-state index in [0.29, 0.717) is 23.8 Å². The van der Waals surface area contributed by atoms with Gasteiger partial charge in [-0.2, -0.15) is 0 Å². The number of rotatable bonds is 4. The minimum atomic E-state index is -0.0965. The largest absolute Gasteiger partial charge is 0.379 e. The van der Waals surface area contributed by atoms with Crippen LogP contribution in [0.25, 0.3) is 5.65 Å². The average molecular weight is 390 g/mol. The number of benzene rings is 1. The van der Waals surface area contributed by atoms with Gasteiger partial charge in [-0.1, -0.05) is 13.0 Å². The zero-order chi connectivity index (χ0) is 20.4. The summed E-state index contributed by atoms with van der Waals surface area (Å²) in [7, 11) is 0. The Kier molecular flexibility index (Phi) is 5.34. The molecule has 6 heteroatoms. The van der Waals surface area contributed by atoms with Crippen LogP contribution >= 0.6 is 0 Å². The number of carbonyl (C=O) groups is 1. The number of nitrogens with zero attached hydrogens (tertiary/aromatic N) is 3. The monoisotopic (exact) mass is 390 g/mol. The fourth-order valence-electron chi connectivity index (χ4n) is 3.93. The third-order valence-corrected chi connectivity index (χ3v) is 5.50. The number of anilines is 1. The molecule has 1 atom stereocenters. The molecule has 3 heterocycles. The Balaban J connectivity index is 1.47. The maximum Gasteiger partial charge on any atom is 0.258 e. The molecule has 0 saturated carbocycles. The number of piperidine rings is 1. The summed E-state index contributed by atoms with van der Waals surface area (Å²) >= 11 is 0. The molecule has 29 heavy (non-hydrogen) atoms. The first-order chi connectivity index (χ1) is 14.0. The van der Waals surface area contributed by atoms with E-state index >= 15 is 0 Å². The van der Waals surface area contributed by atoms with Gasteiger partial charge in [0.25, 0.3) is 11.5 Å². The molecule has 1 unspecified atom stereocenters. The molecule has 1 saturated heterocycles. The second kappa shape index (κ2) is 8.07. The molecule has 0 bridgehead atoms. The van der Waals surface area contributed by atoms with Crippen LogP contribution in [-0.4, -0.2) is 33.3 Å². The van der Waals surface area contributed by atoms with Gasteiger partial charge in [0.1, 0.15) is 5.65 Å². The van der Waals surface area contributed by atoms with Gasteiger partial charge in [-0.25, -0.2) is 4.98 Å². The van der Waals surface area contributed by atoms with E-state index in [9.17, 15) is 9.59 Å². The van der Waals surface area contributed by atoms with Crippen molar-refractivity contribution in [1.29, 1.82) is 0 Å². The van der Waals surface area contributed by atoms with E-state index in [1.165, 1.54) is 10.8 Å². The van der Waals surface area contributed by atoms with Gasteiger partial charge in [0.05, 0.1) is 12.2 Å². The van der Waals surface area contributed by atoms with E-state index in [4.69, 9.17) is 0 Å². The van der Waals surface area contributed by atoms with Crippen LogP contribution in [0, 0.1) is 12.8 Å². The van der Waals surface area contributed by atoms with Crippen LogP contribution in [0.1, 0.15) is 41.4 Å². The number of amides is 1. The van der Waals surface area contributed by atoms with Crippen molar-refractivity contribution in [2.75, 3.05) is 18.4 Å². The minimum absolute atomic E-state index is 0.0965. The highest BCUT2D eigenvalue weighted by Crippen LogP contribution is 2.21. The first-order valence-corrected chi connectivity index (χ1v) is 10.1. The molecule has 1 N–H and O–H groups in total. The number of pyridine rings is 1. The van der Waals surface area contributed by atoms with Gasteiger partial charge in [-0.3, -0.25) is 14.0 Å².